The van der Waals surface area contributed by atoms with E-state index in [9.17, 15) is 14.9 Å². The van der Waals surface area contributed by atoms with Crippen molar-refractivity contribution in [3.05, 3.63) is 80.6 Å². The first kappa shape index (κ1) is 16.8. The van der Waals surface area contributed by atoms with E-state index in [1.54, 1.807) is 18.3 Å². The van der Waals surface area contributed by atoms with Crippen LogP contribution in [0.2, 0.25) is 0 Å². The van der Waals surface area contributed by atoms with Crippen molar-refractivity contribution in [1.29, 1.82) is 0 Å². The summed E-state index contributed by atoms with van der Waals surface area (Å²) < 4.78 is 2.21. The van der Waals surface area contributed by atoms with Crippen LogP contribution in [-0.4, -0.2) is 20.9 Å². The number of aromatic nitrogens is 3. The lowest BCUT2D eigenvalue weighted by Crippen LogP contribution is -2.43. The molecule has 0 aliphatic heterocycles. The Kier molecular flexibility index (Phi) is 4.85. The van der Waals surface area contributed by atoms with Gasteiger partial charge in [-0.3, -0.25) is 4.79 Å². The fourth-order valence-corrected chi connectivity index (χ4v) is 2.48. The highest BCUT2D eigenvalue weighted by Gasteiger charge is 2.30. The summed E-state index contributed by atoms with van der Waals surface area (Å²) in [6, 6.07) is 13.9. The Morgan fingerprint density at radius 2 is 2.04 bits per heavy atom. The number of anilines is 1. The Labute approximate surface area is 150 Å². The van der Waals surface area contributed by atoms with Crippen molar-refractivity contribution < 1.29 is 14.4 Å². The minimum Gasteiger partial charge on any atom is -0.358 e. The Morgan fingerprint density at radius 1 is 1.28 bits per heavy atom. The Bertz CT molecular complexity index is 909. The predicted octanol–water partition coefficient (Wildman–Crippen LogP) is 2.67. The van der Waals surface area contributed by atoms with Crippen LogP contribution < -0.4 is 10.00 Å². The lowest BCUT2D eigenvalue weighted by atomic mass is 10.2. The molecule has 0 saturated carbocycles. The summed E-state index contributed by atoms with van der Waals surface area (Å²) in [5, 5.41) is 16.3. The zero-order valence-corrected chi connectivity index (χ0v) is 14.4. The topological polar surface area (TPSA) is 105 Å². The van der Waals surface area contributed by atoms with E-state index in [1.807, 2.05) is 30.3 Å². The smallest absolute Gasteiger partial charge is 0.358 e. The number of halogens is 1. The van der Waals surface area contributed by atoms with Gasteiger partial charge in [0.1, 0.15) is 11.9 Å². The van der Waals surface area contributed by atoms with E-state index in [0.29, 0.717) is 12.4 Å². The van der Waals surface area contributed by atoms with Crippen LogP contribution in [0.15, 0.2) is 59.2 Å². The number of carbonyl (C=O) groups excluding carboxylic acids is 1. The fourth-order valence-electron chi connectivity index (χ4n) is 2.24. The average molecular weight is 403 g/mol. The first-order chi connectivity index (χ1) is 12.0. The number of pyridine rings is 1. The van der Waals surface area contributed by atoms with E-state index in [-0.39, 0.29) is 11.5 Å². The summed E-state index contributed by atoms with van der Waals surface area (Å²) in [5.74, 6) is -0.400. The van der Waals surface area contributed by atoms with E-state index in [1.165, 1.54) is 10.7 Å². The number of nitrogens with one attached hydrogen (secondary N) is 2. The molecule has 0 fully saturated rings. The van der Waals surface area contributed by atoms with Crippen LogP contribution in [0.5, 0.6) is 0 Å². The van der Waals surface area contributed by atoms with Crippen molar-refractivity contribution in [2.75, 3.05) is 5.32 Å². The van der Waals surface area contributed by atoms with Crippen molar-refractivity contribution in [2.45, 2.75) is 6.54 Å². The van der Waals surface area contributed by atoms with Crippen molar-refractivity contribution in [3.63, 3.8) is 0 Å². The van der Waals surface area contributed by atoms with Crippen molar-refractivity contribution in [1.82, 2.24) is 10.1 Å². The lowest BCUT2D eigenvalue weighted by Gasteiger charge is -2.01. The van der Waals surface area contributed by atoms with Gasteiger partial charge in [-0.2, -0.15) is 0 Å². The van der Waals surface area contributed by atoms with E-state index < -0.39 is 10.8 Å². The van der Waals surface area contributed by atoms with Gasteiger partial charge in [0, 0.05) is 16.2 Å². The third-order valence-electron chi connectivity index (χ3n) is 3.40. The SMILES string of the molecule is O=C(Nc1ccc(Br)cn1)c1cc([N+](=O)[O-])[nH][n+]1Cc1ccccc1. The Balaban J connectivity index is 1.89. The van der Waals surface area contributed by atoms with E-state index in [2.05, 4.69) is 31.3 Å². The van der Waals surface area contributed by atoms with Gasteiger partial charge >= 0.3 is 17.4 Å². The minimum absolute atomic E-state index is 0.139. The summed E-state index contributed by atoms with van der Waals surface area (Å²) in [6.07, 6.45) is 1.55. The molecule has 126 valence electrons. The third kappa shape index (κ3) is 4.07. The van der Waals surface area contributed by atoms with E-state index in [0.717, 1.165) is 10.0 Å². The Morgan fingerprint density at radius 3 is 2.68 bits per heavy atom. The van der Waals surface area contributed by atoms with Gasteiger partial charge in [-0.05, 0) is 42.8 Å². The average Bonchev–Trinajstić information content (AvgIpc) is 3.02. The molecule has 0 spiro atoms. The molecule has 0 bridgehead atoms. The van der Waals surface area contributed by atoms with Crippen LogP contribution in [0.4, 0.5) is 11.6 Å². The van der Waals surface area contributed by atoms with Gasteiger partial charge in [-0.15, -0.1) is 0 Å². The highest BCUT2D eigenvalue weighted by Crippen LogP contribution is 2.13. The predicted molar refractivity (Wildman–Crippen MR) is 93.1 cm³/mol. The van der Waals surface area contributed by atoms with Crippen LogP contribution in [0.3, 0.4) is 0 Å². The first-order valence-corrected chi connectivity index (χ1v) is 8.06. The normalized spacial score (nSPS) is 10.4. The maximum absolute atomic E-state index is 12.5. The molecule has 0 radical (unpaired) electrons. The number of nitrogens with zero attached hydrogens (tertiary/aromatic N) is 3. The monoisotopic (exact) mass is 402 g/mol. The van der Waals surface area contributed by atoms with E-state index >= 15 is 0 Å². The van der Waals surface area contributed by atoms with Gasteiger partial charge in [-0.1, -0.05) is 30.3 Å². The van der Waals surface area contributed by atoms with Crippen LogP contribution in [-0.2, 0) is 6.54 Å². The zero-order valence-electron chi connectivity index (χ0n) is 12.8. The quantitative estimate of drug-likeness (QED) is 0.388. The van der Waals surface area contributed by atoms with Crippen molar-refractivity contribution >= 4 is 33.5 Å². The molecule has 8 nitrogen and oxygen atoms in total. The highest BCUT2D eigenvalue weighted by atomic mass is 79.9. The second kappa shape index (κ2) is 7.22. The molecule has 2 N–H and O–H groups in total. The second-order valence-electron chi connectivity index (χ2n) is 5.17. The molecule has 9 heteroatoms. The number of benzene rings is 1. The molecule has 3 aromatic rings. The molecular weight excluding hydrogens is 390 g/mol. The van der Waals surface area contributed by atoms with Gasteiger partial charge in [0.25, 0.3) is 0 Å². The third-order valence-corrected chi connectivity index (χ3v) is 3.86. The highest BCUT2D eigenvalue weighted by molar-refractivity contribution is 9.10. The number of hydrogen-bond donors (Lipinski definition) is 2. The molecule has 2 aromatic heterocycles. The minimum atomic E-state index is -0.573. The molecule has 0 unspecified atom stereocenters. The summed E-state index contributed by atoms with van der Waals surface area (Å²) >= 11 is 3.27. The molecule has 3 rings (SSSR count). The number of H-pyrrole nitrogens is 1. The molecule has 2 heterocycles. The van der Waals surface area contributed by atoms with Crippen LogP contribution >= 0.6 is 15.9 Å². The zero-order chi connectivity index (χ0) is 17.8. The molecule has 0 aliphatic carbocycles. The van der Waals surface area contributed by atoms with E-state index in [4.69, 9.17) is 0 Å². The van der Waals surface area contributed by atoms with Gasteiger partial charge in [0.2, 0.25) is 6.54 Å². The molecule has 0 atom stereocenters. The van der Waals surface area contributed by atoms with Gasteiger partial charge < -0.3 is 15.4 Å². The number of nitro groups is 1. The van der Waals surface area contributed by atoms with Crippen molar-refractivity contribution in [3.8, 4) is 0 Å². The molecule has 1 aromatic carbocycles. The summed E-state index contributed by atoms with van der Waals surface area (Å²) in [6.45, 7) is 0.297. The molecule has 0 aliphatic rings. The first-order valence-electron chi connectivity index (χ1n) is 7.27. The Hall–Kier alpha value is -3.07. The number of rotatable bonds is 5. The molecular formula is C16H13BrN5O3+. The maximum atomic E-state index is 12.5. The van der Waals surface area contributed by atoms with Crippen LogP contribution in [0.25, 0.3) is 0 Å². The van der Waals surface area contributed by atoms with Gasteiger partial charge in [0.05, 0.1) is 0 Å². The summed E-state index contributed by atoms with van der Waals surface area (Å²) in [7, 11) is 0. The van der Waals surface area contributed by atoms with Crippen molar-refractivity contribution in [2.24, 2.45) is 0 Å². The largest absolute Gasteiger partial charge is 0.380 e. The number of aromatic amines is 1. The molecule has 25 heavy (non-hydrogen) atoms. The van der Waals surface area contributed by atoms with Crippen LogP contribution in [0, 0.1) is 10.1 Å². The van der Waals surface area contributed by atoms with Gasteiger partial charge in [0.15, 0.2) is 0 Å². The molecule has 0 saturated heterocycles. The standard InChI is InChI=1S/C16H12BrN5O3/c17-12-6-7-14(18-9-12)19-16(23)13-8-15(22(24)25)20-21(13)10-11-4-2-1-3-5-11/h1-9H,10H2,(H,18,19,23)/p+1. The number of hydrogen-bond acceptors (Lipinski definition) is 4. The lowest BCUT2D eigenvalue weighted by molar-refractivity contribution is -0.746. The summed E-state index contributed by atoms with van der Waals surface area (Å²) in [5.41, 5.74) is 1.04. The number of amides is 1. The molecule has 1 amide bonds. The van der Waals surface area contributed by atoms with Gasteiger partial charge in [-0.25, -0.2) is 4.98 Å². The number of carbonyl (C=O) groups is 1. The van der Waals surface area contributed by atoms with Crippen LogP contribution in [0.1, 0.15) is 16.1 Å². The second-order valence-corrected chi connectivity index (χ2v) is 6.09. The fraction of sp³-hybridized carbons (Fsp3) is 0.0625. The summed E-state index contributed by atoms with van der Waals surface area (Å²) in [4.78, 5) is 27.1. The maximum Gasteiger partial charge on any atom is 0.380 e.